The molecular formula is C23H29ClN6O. The fourth-order valence-corrected chi connectivity index (χ4v) is 4.00. The van der Waals surface area contributed by atoms with Gasteiger partial charge in [0.25, 0.3) is 0 Å². The van der Waals surface area contributed by atoms with E-state index in [-0.39, 0.29) is 24.3 Å². The van der Waals surface area contributed by atoms with Crippen molar-refractivity contribution in [2.24, 2.45) is 12.8 Å². The van der Waals surface area contributed by atoms with Gasteiger partial charge in [0.15, 0.2) is 0 Å². The number of nitrogens with two attached hydrogens (primary N) is 1. The fourth-order valence-electron chi connectivity index (χ4n) is 4.00. The zero-order valence-electron chi connectivity index (χ0n) is 18.0. The Balaban J connectivity index is 0.00000272. The summed E-state index contributed by atoms with van der Waals surface area (Å²) in [4.78, 5) is 21.3. The number of nitrogen functional groups attached to an aromatic ring is 1. The molecule has 2 aromatic carbocycles. The van der Waals surface area contributed by atoms with E-state index in [2.05, 4.69) is 4.57 Å². The number of likely N-dealkylation sites (tertiary alicyclic amines) is 1. The minimum atomic E-state index is 0. The smallest absolute Gasteiger partial charge is 0.324 e. The number of aromatic nitrogens is 2. The van der Waals surface area contributed by atoms with Crippen LogP contribution in [0.25, 0.3) is 11.0 Å². The summed E-state index contributed by atoms with van der Waals surface area (Å²) in [6.07, 6.45) is 4.04. The van der Waals surface area contributed by atoms with Crippen molar-refractivity contribution >= 4 is 41.0 Å². The summed E-state index contributed by atoms with van der Waals surface area (Å²) in [7, 11) is 3.84. The molecule has 0 unspecified atom stereocenters. The molecule has 0 radical (unpaired) electrons. The highest BCUT2D eigenvalue weighted by atomic mass is 35.5. The summed E-state index contributed by atoms with van der Waals surface area (Å²) >= 11 is 0. The number of carbonyl (C=O) groups excluding carboxylic acids is 1. The van der Waals surface area contributed by atoms with E-state index < -0.39 is 0 Å². The first-order valence-electron chi connectivity index (χ1n) is 10.4. The number of benzene rings is 2. The van der Waals surface area contributed by atoms with Gasteiger partial charge in [-0.05, 0) is 43.0 Å². The van der Waals surface area contributed by atoms with Gasteiger partial charge >= 0.3 is 6.03 Å². The summed E-state index contributed by atoms with van der Waals surface area (Å²) in [5.74, 6) is 1.02. The van der Waals surface area contributed by atoms with Gasteiger partial charge in [-0.25, -0.2) is 9.78 Å². The van der Waals surface area contributed by atoms with E-state index in [4.69, 9.17) is 16.1 Å². The number of amides is 2. The number of nitrogens with one attached hydrogen (secondary N) is 1. The van der Waals surface area contributed by atoms with Crippen LogP contribution in [0.5, 0.6) is 0 Å². The van der Waals surface area contributed by atoms with Crippen LogP contribution in [0.15, 0.2) is 42.5 Å². The maximum atomic E-state index is 12.8. The first-order chi connectivity index (χ1) is 14.4. The molecule has 1 fully saturated rings. The van der Waals surface area contributed by atoms with E-state index in [0.717, 1.165) is 59.6 Å². The van der Waals surface area contributed by atoms with Crippen LogP contribution in [0.2, 0.25) is 0 Å². The maximum Gasteiger partial charge on any atom is 0.324 e. The number of hydrogen-bond donors (Lipinski definition) is 2. The highest BCUT2D eigenvalue weighted by Gasteiger charge is 2.21. The van der Waals surface area contributed by atoms with Crippen molar-refractivity contribution in [3.05, 3.63) is 59.4 Å². The third-order valence-corrected chi connectivity index (χ3v) is 5.89. The first-order valence-corrected chi connectivity index (χ1v) is 10.4. The van der Waals surface area contributed by atoms with Crippen molar-refractivity contribution in [2.75, 3.05) is 25.0 Å². The Morgan fingerprint density at radius 3 is 2.45 bits per heavy atom. The molecule has 4 rings (SSSR count). The van der Waals surface area contributed by atoms with Crippen LogP contribution in [0, 0.1) is 5.41 Å². The van der Waals surface area contributed by atoms with Gasteiger partial charge in [0.1, 0.15) is 11.7 Å². The molecule has 0 bridgehead atoms. The molecule has 2 heterocycles. The highest BCUT2D eigenvalue weighted by Crippen LogP contribution is 2.24. The van der Waals surface area contributed by atoms with Gasteiger partial charge in [0.05, 0.1) is 11.0 Å². The Labute approximate surface area is 188 Å². The van der Waals surface area contributed by atoms with Crippen LogP contribution in [-0.2, 0) is 13.5 Å². The van der Waals surface area contributed by atoms with E-state index in [1.54, 1.807) is 4.90 Å². The normalized spacial score (nSPS) is 13.7. The molecule has 3 aromatic rings. The van der Waals surface area contributed by atoms with Crippen molar-refractivity contribution < 1.29 is 4.79 Å². The number of aryl methyl sites for hydroxylation is 1. The summed E-state index contributed by atoms with van der Waals surface area (Å²) < 4.78 is 2.09. The van der Waals surface area contributed by atoms with Gasteiger partial charge in [-0.3, -0.25) is 10.3 Å². The molecule has 7 nitrogen and oxygen atoms in total. The second-order valence-electron chi connectivity index (χ2n) is 7.94. The Morgan fingerprint density at radius 2 is 1.81 bits per heavy atom. The van der Waals surface area contributed by atoms with E-state index in [9.17, 15) is 4.79 Å². The molecule has 0 saturated carbocycles. The minimum Gasteiger partial charge on any atom is -0.384 e. The highest BCUT2D eigenvalue weighted by molar-refractivity contribution is 5.95. The summed E-state index contributed by atoms with van der Waals surface area (Å²) in [6.45, 7) is 1.67. The van der Waals surface area contributed by atoms with E-state index >= 15 is 0 Å². The lowest BCUT2D eigenvalue weighted by atomic mass is 10.1. The quantitative estimate of drug-likeness (QED) is 0.476. The zero-order valence-corrected chi connectivity index (χ0v) is 18.8. The Kier molecular flexibility index (Phi) is 6.85. The molecule has 8 heteroatoms. The molecule has 1 aliphatic heterocycles. The Hall–Kier alpha value is -3.06. The topological polar surface area (TPSA) is 91.2 Å². The van der Waals surface area contributed by atoms with Crippen molar-refractivity contribution in [1.82, 2.24) is 14.5 Å². The van der Waals surface area contributed by atoms with Gasteiger partial charge in [-0.15, -0.1) is 12.4 Å². The van der Waals surface area contributed by atoms with Crippen LogP contribution >= 0.6 is 12.4 Å². The molecule has 0 atom stereocenters. The molecule has 164 valence electrons. The summed E-state index contributed by atoms with van der Waals surface area (Å²) in [5.41, 5.74) is 10.1. The molecule has 1 saturated heterocycles. The first kappa shape index (κ1) is 22.6. The second kappa shape index (κ2) is 9.39. The van der Waals surface area contributed by atoms with Gasteiger partial charge in [0.2, 0.25) is 0 Å². The number of imidazole rings is 1. The number of piperidine rings is 1. The van der Waals surface area contributed by atoms with Crippen molar-refractivity contribution in [2.45, 2.75) is 25.7 Å². The van der Waals surface area contributed by atoms with Crippen LogP contribution < -0.4 is 10.6 Å². The summed E-state index contributed by atoms with van der Waals surface area (Å²) in [5, 5.41) is 7.51. The van der Waals surface area contributed by atoms with Gasteiger partial charge < -0.3 is 15.2 Å². The SMILES string of the molecule is CN(C(=O)N1CCCCC1)c1ccc2c(c1)nc(Cc1ccc(C(=N)N)cc1)n2C.Cl. The minimum absolute atomic E-state index is 0. The van der Waals surface area contributed by atoms with E-state index in [1.807, 2.05) is 61.5 Å². The molecule has 0 spiro atoms. The third kappa shape index (κ3) is 4.66. The third-order valence-electron chi connectivity index (χ3n) is 5.89. The molecule has 2 amide bonds. The predicted molar refractivity (Wildman–Crippen MR) is 127 cm³/mol. The summed E-state index contributed by atoms with van der Waals surface area (Å²) in [6, 6.07) is 13.7. The lowest BCUT2D eigenvalue weighted by Crippen LogP contribution is -2.43. The average molecular weight is 441 g/mol. The van der Waals surface area contributed by atoms with E-state index in [1.165, 1.54) is 6.42 Å². The fraction of sp³-hybridized carbons (Fsp3) is 0.348. The lowest BCUT2D eigenvalue weighted by Gasteiger charge is -2.31. The number of carbonyl (C=O) groups is 1. The van der Waals surface area contributed by atoms with Crippen LogP contribution in [0.3, 0.4) is 0 Å². The van der Waals surface area contributed by atoms with Crippen molar-refractivity contribution in [1.29, 1.82) is 5.41 Å². The predicted octanol–water partition coefficient (Wildman–Crippen LogP) is 3.91. The molecule has 1 aromatic heterocycles. The number of halogens is 1. The largest absolute Gasteiger partial charge is 0.384 e. The van der Waals surface area contributed by atoms with E-state index in [0.29, 0.717) is 6.42 Å². The number of fused-ring (bicyclic) bond motifs is 1. The van der Waals surface area contributed by atoms with Gasteiger partial charge in [0, 0.05) is 44.9 Å². The lowest BCUT2D eigenvalue weighted by molar-refractivity contribution is 0.194. The number of anilines is 1. The standard InChI is InChI=1S/C23H28N6O.ClH/c1-27(23(30)29-12-4-3-5-13-29)18-10-11-20-19(15-18)26-21(28(20)2)14-16-6-8-17(9-7-16)22(24)25;/h6-11,15H,3-5,12-14H2,1-2H3,(H3,24,25);1H. The van der Waals surface area contributed by atoms with Crippen LogP contribution in [0.1, 0.15) is 36.2 Å². The van der Waals surface area contributed by atoms with Gasteiger partial charge in [-0.2, -0.15) is 0 Å². The molecule has 31 heavy (non-hydrogen) atoms. The second-order valence-corrected chi connectivity index (χ2v) is 7.94. The number of amidine groups is 1. The van der Waals surface area contributed by atoms with Gasteiger partial charge in [-0.1, -0.05) is 24.3 Å². The Bertz CT molecular complexity index is 1090. The molecular weight excluding hydrogens is 412 g/mol. The monoisotopic (exact) mass is 440 g/mol. The average Bonchev–Trinajstić information content (AvgIpc) is 3.08. The maximum absolute atomic E-state index is 12.8. The molecule has 1 aliphatic rings. The molecule has 0 aliphatic carbocycles. The number of rotatable bonds is 4. The number of hydrogen-bond acceptors (Lipinski definition) is 3. The van der Waals surface area contributed by atoms with Crippen LogP contribution in [-0.4, -0.2) is 46.5 Å². The zero-order chi connectivity index (χ0) is 21.3. The Morgan fingerprint density at radius 1 is 1.13 bits per heavy atom. The number of nitrogens with zero attached hydrogens (tertiary/aromatic N) is 4. The van der Waals surface area contributed by atoms with Crippen molar-refractivity contribution in [3.63, 3.8) is 0 Å². The van der Waals surface area contributed by atoms with Crippen molar-refractivity contribution in [3.8, 4) is 0 Å². The molecule has 3 N–H and O–H groups in total. The van der Waals surface area contributed by atoms with Crippen LogP contribution in [0.4, 0.5) is 10.5 Å². The number of urea groups is 1.